The quantitative estimate of drug-likeness (QED) is 0.544. The van der Waals surface area contributed by atoms with E-state index in [1.165, 1.54) is 0 Å². The molecule has 0 fully saturated rings. The Morgan fingerprint density at radius 3 is 2.32 bits per heavy atom. The fraction of sp³-hybridized carbons (Fsp3) is 0.300. The van der Waals surface area contributed by atoms with Gasteiger partial charge in [-0.15, -0.1) is 0 Å². The maximum Gasteiger partial charge on any atom is 0.315 e. The summed E-state index contributed by atoms with van der Waals surface area (Å²) in [5.41, 5.74) is 0.626. The Morgan fingerprint density at radius 1 is 0.929 bits per heavy atom. The number of anilines is 1. The molecule has 150 valence electrons. The van der Waals surface area contributed by atoms with E-state index in [1.54, 1.807) is 43.5 Å². The minimum atomic E-state index is -0.453. The lowest BCUT2D eigenvalue weighted by Gasteiger charge is -2.11. The third-order valence-electron chi connectivity index (χ3n) is 3.57. The summed E-state index contributed by atoms with van der Waals surface area (Å²) >= 11 is 0. The Bertz CT molecular complexity index is 765. The highest BCUT2D eigenvalue weighted by Crippen LogP contribution is 2.25. The van der Waals surface area contributed by atoms with Gasteiger partial charge in [0, 0.05) is 5.69 Å². The van der Waals surface area contributed by atoms with Crippen LogP contribution in [0.4, 0.5) is 10.5 Å². The lowest BCUT2D eigenvalue weighted by Crippen LogP contribution is -2.41. The van der Waals surface area contributed by atoms with Crippen LogP contribution in [0.1, 0.15) is 6.92 Å². The van der Waals surface area contributed by atoms with Gasteiger partial charge in [0.1, 0.15) is 12.4 Å². The van der Waals surface area contributed by atoms with Gasteiger partial charge in [0.25, 0.3) is 0 Å². The molecule has 0 radical (unpaired) electrons. The monoisotopic (exact) mass is 387 g/mol. The first-order valence-corrected chi connectivity index (χ1v) is 8.92. The Kier molecular flexibility index (Phi) is 8.45. The van der Waals surface area contributed by atoms with E-state index in [9.17, 15) is 9.59 Å². The summed E-state index contributed by atoms with van der Waals surface area (Å²) in [6.07, 6.45) is 0. The summed E-state index contributed by atoms with van der Waals surface area (Å²) in [5.74, 6) is 1.62. The number of nitrogens with one attached hydrogen (secondary N) is 3. The molecule has 2 rings (SSSR count). The molecule has 0 aliphatic rings. The maximum absolute atomic E-state index is 11.9. The molecule has 0 aliphatic carbocycles. The fourth-order valence-electron chi connectivity index (χ4n) is 2.29. The average molecular weight is 387 g/mol. The van der Waals surface area contributed by atoms with Crippen LogP contribution >= 0.6 is 0 Å². The van der Waals surface area contributed by atoms with Crippen molar-refractivity contribution in [2.24, 2.45) is 0 Å². The highest BCUT2D eigenvalue weighted by molar-refractivity contribution is 5.94. The lowest BCUT2D eigenvalue weighted by molar-refractivity contribution is -0.115. The summed E-state index contributed by atoms with van der Waals surface area (Å²) in [4.78, 5) is 23.6. The van der Waals surface area contributed by atoms with Crippen LogP contribution in [0.15, 0.2) is 48.5 Å². The second kappa shape index (κ2) is 11.3. The summed E-state index contributed by atoms with van der Waals surface area (Å²) in [6, 6.07) is 13.8. The zero-order valence-corrected chi connectivity index (χ0v) is 16.0. The van der Waals surface area contributed by atoms with Gasteiger partial charge >= 0.3 is 6.03 Å². The molecule has 0 atom stereocenters. The molecule has 8 nitrogen and oxygen atoms in total. The van der Waals surface area contributed by atoms with Crippen molar-refractivity contribution in [3.05, 3.63) is 48.5 Å². The van der Waals surface area contributed by atoms with Crippen LogP contribution in [0, 0.1) is 0 Å². The van der Waals surface area contributed by atoms with Gasteiger partial charge in [0.15, 0.2) is 11.5 Å². The van der Waals surface area contributed by atoms with Crippen molar-refractivity contribution in [2.75, 3.05) is 38.7 Å². The van der Waals surface area contributed by atoms with Crippen molar-refractivity contribution in [1.29, 1.82) is 0 Å². The lowest BCUT2D eigenvalue weighted by atomic mass is 10.3. The predicted molar refractivity (Wildman–Crippen MR) is 106 cm³/mol. The van der Waals surface area contributed by atoms with E-state index in [-0.39, 0.29) is 25.6 Å². The summed E-state index contributed by atoms with van der Waals surface area (Å²) in [7, 11) is 1.56. The van der Waals surface area contributed by atoms with Crippen molar-refractivity contribution in [1.82, 2.24) is 10.6 Å². The SMILES string of the molecule is CCOc1ccc(NC(=O)CNC(=O)NCCOc2ccccc2OC)cc1. The second-order valence-electron chi connectivity index (χ2n) is 5.61. The summed E-state index contributed by atoms with van der Waals surface area (Å²) in [6.45, 7) is 2.88. The van der Waals surface area contributed by atoms with Gasteiger partial charge in [-0.05, 0) is 43.3 Å². The van der Waals surface area contributed by atoms with Gasteiger partial charge in [-0.25, -0.2) is 4.79 Å². The highest BCUT2D eigenvalue weighted by Gasteiger charge is 2.06. The number of methoxy groups -OCH3 is 1. The van der Waals surface area contributed by atoms with E-state index in [0.29, 0.717) is 23.8 Å². The topological polar surface area (TPSA) is 97.9 Å². The minimum absolute atomic E-state index is 0.146. The molecule has 8 heteroatoms. The largest absolute Gasteiger partial charge is 0.494 e. The molecule has 28 heavy (non-hydrogen) atoms. The van der Waals surface area contributed by atoms with E-state index < -0.39 is 6.03 Å². The number of rotatable bonds is 10. The fourth-order valence-corrected chi connectivity index (χ4v) is 2.29. The number of hydrogen-bond acceptors (Lipinski definition) is 5. The highest BCUT2D eigenvalue weighted by atomic mass is 16.5. The first kappa shape index (κ1) is 20.9. The number of urea groups is 1. The second-order valence-corrected chi connectivity index (χ2v) is 5.61. The van der Waals surface area contributed by atoms with Crippen molar-refractivity contribution in [3.63, 3.8) is 0 Å². The van der Waals surface area contributed by atoms with E-state index in [1.807, 2.05) is 19.1 Å². The molecule has 3 amide bonds. The molecule has 0 heterocycles. The molecule has 2 aromatic carbocycles. The van der Waals surface area contributed by atoms with Crippen molar-refractivity contribution < 1.29 is 23.8 Å². The number of ether oxygens (including phenoxy) is 3. The molecule has 0 bridgehead atoms. The normalized spacial score (nSPS) is 9.93. The molecule has 3 N–H and O–H groups in total. The Morgan fingerprint density at radius 2 is 1.64 bits per heavy atom. The van der Waals surface area contributed by atoms with E-state index in [0.717, 1.165) is 5.75 Å². The van der Waals surface area contributed by atoms with Crippen LogP contribution in [0.5, 0.6) is 17.2 Å². The van der Waals surface area contributed by atoms with E-state index >= 15 is 0 Å². The molecule has 0 saturated heterocycles. The Hall–Kier alpha value is -3.42. The van der Waals surface area contributed by atoms with Crippen LogP contribution in [0.3, 0.4) is 0 Å². The zero-order valence-electron chi connectivity index (χ0n) is 16.0. The molecule has 0 aliphatic heterocycles. The van der Waals surface area contributed by atoms with Crippen LogP contribution in [0.25, 0.3) is 0 Å². The van der Waals surface area contributed by atoms with Crippen molar-refractivity contribution >= 4 is 17.6 Å². The smallest absolute Gasteiger partial charge is 0.315 e. The third kappa shape index (κ3) is 7.06. The Balaban J connectivity index is 1.63. The van der Waals surface area contributed by atoms with Crippen LogP contribution in [-0.2, 0) is 4.79 Å². The molecule has 2 aromatic rings. The first-order valence-electron chi connectivity index (χ1n) is 8.92. The molecule has 0 saturated carbocycles. The van der Waals surface area contributed by atoms with Crippen molar-refractivity contribution in [2.45, 2.75) is 6.92 Å². The van der Waals surface area contributed by atoms with Gasteiger partial charge in [0.05, 0.1) is 26.8 Å². The number of para-hydroxylation sites is 2. The first-order chi connectivity index (χ1) is 13.6. The molecular formula is C20H25N3O5. The van der Waals surface area contributed by atoms with Gasteiger partial charge in [0.2, 0.25) is 5.91 Å². The van der Waals surface area contributed by atoms with Gasteiger partial charge in [-0.3, -0.25) is 4.79 Å². The summed E-state index contributed by atoms with van der Waals surface area (Å²) < 4.78 is 16.1. The van der Waals surface area contributed by atoms with Crippen LogP contribution < -0.4 is 30.2 Å². The standard InChI is InChI=1S/C20H25N3O5/c1-3-27-16-10-8-15(9-11-16)23-19(24)14-22-20(25)21-12-13-28-18-7-5-4-6-17(18)26-2/h4-11H,3,12-14H2,1-2H3,(H,23,24)(H2,21,22,25). The molecule has 0 aromatic heterocycles. The number of benzene rings is 2. The molecule has 0 unspecified atom stereocenters. The van der Waals surface area contributed by atoms with Gasteiger partial charge < -0.3 is 30.2 Å². The molecular weight excluding hydrogens is 362 g/mol. The van der Waals surface area contributed by atoms with E-state index in [4.69, 9.17) is 14.2 Å². The summed E-state index contributed by atoms with van der Waals surface area (Å²) in [5, 5.41) is 7.80. The zero-order chi connectivity index (χ0) is 20.2. The van der Waals surface area contributed by atoms with Crippen LogP contribution in [-0.4, -0.2) is 45.4 Å². The maximum atomic E-state index is 11.9. The number of carbonyl (C=O) groups excluding carboxylic acids is 2. The predicted octanol–water partition coefficient (Wildman–Crippen LogP) is 2.41. The van der Waals surface area contributed by atoms with Gasteiger partial charge in [-0.1, -0.05) is 12.1 Å². The average Bonchev–Trinajstić information content (AvgIpc) is 2.71. The number of amides is 3. The minimum Gasteiger partial charge on any atom is -0.494 e. The van der Waals surface area contributed by atoms with E-state index in [2.05, 4.69) is 16.0 Å². The number of carbonyl (C=O) groups is 2. The molecule has 0 spiro atoms. The van der Waals surface area contributed by atoms with Crippen LogP contribution in [0.2, 0.25) is 0 Å². The third-order valence-corrected chi connectivity index (χ3v) is 3.57. The van der Waals surface area contributed by atoms with Gasteiger partial charge in [-0.2, -0.15) is 0 Å². The Labute approximate surface area is 164 Å². The number of hydrogen-bond donors (Lipinski definition) is 3. The van der Waals surface area contributed by atoms with Crippen molar-refractivity contribution in [3.8, 4) is 17.2 Å².